The van der Waals surface area contributed by atoms with E-state index in [1.165, 1.54) is 11.2 Å². The number of hydrogen-bond donors (Lipinski definition) is 2. The molecule has 168 valence electrons. The molecule has 2 fully saturated rings. The highest BCUT2D eigenvalue weighted by Gasteiger charge is 2.58. The molecule has 4 unspecified atom stereocenters. The van der Waals surface area contributed by atoms with E-state index < -0.39 is 9.84 Å². The number of imide groups is 1. The van der Waals surface area contributed by atoms with Crippen LogP contribution in [0, 0.1) is 23.7 Å². The van der Waals surface area contributed by atoms with Gasteiger partial charge in [0.05, 0.1) is 16.7 Å². The molecule has 3 aliphatic rings. The van der Waals surface area contributed by atoms with Crippen molar-refractivity contribution >= 4 is 51.6 Å². The number of nitrogens with one attached hydrogen (secondary N) is 2. The molecule has 2 N–H and O–H groups in total. The summed E-state index contributed by atoms with van der Waals surface area (Å²) in [5.41, 5.74) is 0.908. The molecule has 0 radical (unpaired) electrons. The van der Waals surface area contributed by atoms with Crippen molar-refractivity contribution in [2.24, 2.45) is 28.7 Å². The lowest BCUT2D eigenvalue weighted by molar-refractivity contribution is -0.140. The number of halogens is 1. The highest BCUT2D eigenvalue weighted by Crippen LogP contribution is 2.52. The van der Waals surface area contributed by atoms with E-state index in [0.717, 1.165) is 12.0 Å². The first-order chi connectivity index (χ1) is 14.3. The number of carbonyl (C=O) groups excluding carboxylic acids is 2. The van der Waals surface area contributed by atoms with Gasteiger partial charge in [-0.15, -0.1) is 24.0 Å². The summed E-state index contributed by atoms with van der Waals surface area (Å²) in [4.78, 5) is 31.2. The molecule has 2 aliphatic carbocycles. The van der Waals surface area contributed by atoms with Gasteiger partial charge in [0.1, 0.15) is 0 Å². The minimum absolute atomic E-state index is 0. The molecule has 1 aliphatic heterocycles. The second-order valence-electron chi connectivity index (χ2n) is 8.10. The van der Waals surface area contributed by atoms with E-state index in [1.807, 2.05) is 0 Å². The van der Waals surface area contributed by atoms with Crippen LogP contribution >= 0.6 is 24.0 Å². The number of benzene rings is 1. The smallest absolute Gasteiger partial charge is 0.233 e. The summed E-state index contributed by atoms with van der Waals surface area (Å²) in [5, 5.41) is 6.28. The zero-order chi connectivity index (χ0) is 21.5. The van der Waals surface area contributed by atoms with Crippen molar-refractivity contribution in [3.8, 4) is 0 Å². The number of allylic oxidation sites excluding steroid dienone is 2. The second kappa shape index (κ2) is 9.27. The number of hydrogen-bond acceptors (Lipinski definition) is 5. The molecule has 1 saturated carbocycles. The maximum Gasteiger partial charge on any atom is 0.233 e. The molecule has 2 amide bonds. The van der Waals surface area contributed by atoms with Crippen LogP contribution in [0.25, 0.3) is 0 Å². The van der Waals surface area contributed by atoms with Crippen molar-refractivity contribution in [1.82, 2.24) is 15.5 Å². The van der Waals surface area contributed by atoms with Crippen molar-refractivity contribution in [2.75, 3.05) is 26.4 Å². The van der Waals surface area contributed by atoms with Gasteiger partial charge in [-0.05, 0) is 36.0 Å². The van der Waals surface area contributed by atoms with Crippen LogP contribution in [0.2, 0.25) is 0 Å². The molecule has 1 aromatic carbocycles. The Morgan fingerprint density at radius 1 is 1.06 bits per heavy atom. The monoisotopic (exact) mass is 558 g/mol. The third-order valence-corrected chi connectivity index (χ3v) is 7.35. The topological polar surface area (TPSA) is 108 Å². The number of amides is 2. The van der Waals surface area contributed by atoms with Crippen LogP contribution in [-0.2, 0) is 26.0 Å². The number of carbonyl (C=O) groups is 2. The standard InChI is InChI=1S/C21H26N4O4S.HI/c1-22-21(24-12-13-3-7-16(8-4-13)30(2,28)29)23-9-10-25-19(26)17-14-5-6-15(11-14)18(17)20(25)27;/h3-8,14-15,17-18H,9-12H2,1-2H3,(H2,22,23,24);1H. The van der Waals surface area contributed by atoms with E-state index in [-0.39, 0.29) is 64.4 Å². The van der Waals surface area contributed by atoms with Crippen LogP contribution in [0.3, 0.4) is 0 Å². The lowest BCUT2D eigenvalue weighted by Gasteiger charge is -2.18. The molecule has 31 heavy (non-hydrogen) atoms. The summed E-state index contributed by atoms with van der Waals surface area (Å²) in [5.74, 6) is 0.564. The van der Waals surface area contributed by atoms with Crippen LogP contribution < -0.4 is 10.6 Å². The molecule has 4 rings (SSSR count). The van der Waals surface area contributed by atoms with E-state index in [2.05, 4.69) is 27.8 Å². The first-order valence-corrected chi connectivity index (χ1v) is 12.0. The molecule has 2 bridgehead atoms. The number of aliphatic imine (C=N–C) groups is 1. The Kier molecular flexibility index (Phi) is 7.09. The number of rotatable bonds is 6. The minimum Gasteiger partial charge on any atom is -0.355 e. The van der Waals surface area contributed by atoms with Gasteiger partial charge in [0.2, 0.25) is 11.8 Å². The number of nitrogens with zero attached hydrogens (tertiary/aromatic N) is 2. The second-order valence-corrected chi connectivity index (χ2v) is 10.1. The summed E-state index contributed by atoms with van der Waals surface area (Å²) in [6, 6.07) is 6.65. The fourth-order valence-corrected chi connectivity index (χ4v) is 5.36. The number of guanidine groups is 1. The summed E-state index contributed by atoms with van der Waals surface area (Å²) < 4.78 is 23.1. The van der Waals surface area contributed by atoms with Crippen LogP contribution in [0.5, 0.6) is 0 Å². The fraction of sp³-hybridized carbons (Fsp3) is 0.476. The van der Waals surface area contributed by atoms with Crippen molar-refractivity contribution in [3.63, 3.8) is 0 Å². The zero-order valence-corrected chi connectivity index (χ0v) is 20.6. The third-order valence-electron chi connectivity index (χ3n) is 6.22. The minimum atomic E-state index is -3.21. The summed E-state index contributed by atoms with van der Waals surface area (Å²) in [6.45, 7) is 1.19. The van der Waals surface area contributed by atoms with Gasteiger partial charge in [-0.3, -0.25) is 19.5 Å². The van der Waals surface area contributed by atoms with Crippen molar-refractivity contribution in [2.45, 2.75) is 17.9 Å². The van der Waals surface area contributed by atoms with Gasteiger partial charge in [0.25, 0.3) is 0 Å². The van der Waals surface area contributed by atoms with Gasteiger partial charge in [0, 0.05) is 32.9 Å². The lowest BCUT2D eigenvalue weighted by atomic mass is 9.85. The Morgan fingerprint density at radius 3 is 2.16 bits per heavy atom. The summed E-state index contributed by atoms with van der Waals surface area (Å²) in [7, 11) is -1.57. The van der Waals surface area contributed by atoms with Gasteiger partial charge >= 0.3 is 0 Å². The normalized spacial score (nSPS) is 26.8. The number of likely N-dealkylation sites (tertiary alicyclic amines) is 1. The molecule has 0 aromatic heterocycles. The first kappa shape index (κ1) is 23.7. The maximum absolute atomic E-state index is 12.7. The van der Waals surface area contributed by atoms with Crippen LogP contribution in [0.4, 0.5) is 0 Å². The zero-order valence-electron chi connectivity index (χ0n) is 17.4. The Hall–Kier alpha value is -1.95. The first-order valence-electron chi connectivity index (χ1n) is 10.1. The van der Waals surface area contributed by atoms with Crippen LogP contribution in [0.15, 0.2) is 46.3 Å². The van der Waals surface area contributed by atoms with E-state index in [4.69, 9.17) is 0 Å². The Morgan fingerprint density at radius 2 is 1.65 bits per heavy atom. The van der Waals surface area contributed by atoms with E-state index in [0.29, 0.717) is 25.6 Å². The Balaban J connectivity index is 0.00000272. The van der Waals surface area contributed by atoms with Crippen LogP contribution in [-0.4, -0.2) is 57.5 Å². The summed E-state index contributed by atoms with van der Waals surface area (Å²) in [6.07, 6.45) is 6.29. The highest BCUT2D eigenvalue weighted by molar-refractivity contribution is 14.0. The number of fused-ring (bicyclic) bond motifs is 5. The lowest BCUT2D eigenvalue weighted by Crippen LogP contribution is -2.43. The van der Waals surface area contributed by atoms with E-state index in [1.54, 1.807) is 31.3 Å². The molecule has 4 atom stereocenters. The van der Waals surface area contributed by atoms with Crippen LogP contribution in [0.1, 0.15) is 12.0 Å². The predicted octanol–water partition coefficient (Wildman–Crippen LogP) is 1.18. The summed E-state index contributed by atoms with van der Waals surface area (Å²) >= 11 is 0. The van der Waals surface area contributed by atoms with Crippen molar-refractivity contribution in [3.05, 3.63) is 42.0 Å². The van der Waals surface area contributed by atoms with E-state index in [9.17, 15) is 18.0 Å². The molecular formula is C21H27IN4O4S. The Bertz CT molecular complexity index is 992. The van der Waals surface area contributed by atoms with Gasteiger partial charge in [-0.25, -0.2) is 8.42 Å². The molecule has 10 heteroatoms. The molecule has 0 spiro atoms. The van der Waals surface area contributed by atoms with Gasteiger partial charge in [0.15, 0.2) is 15.8 Å². The van der Waals surface area contributed by atoms with Gasteiger partial charge in [-0.2, -0.15) is 0 Å². The number of sulfone groups is 1. The van der Waals surface area contributed by atoms with Crippen molar-refractivity contribution in [1.29, 1.82) is 0 Å². The van der Waals surface area contributed by atoms with Gasteiger partial charge < -0.3 is 10.6 Å². The average Bonchev–Trinajstić information content (AvgIpc) is 3.39. The quantitative estimate of drug-likeness (QED) is 0.179. The molecular weight excluding hydrogens is 531 g/mol. The van der Waals surface area contributed by atoms with Crippen molar-refractivity contribution < 1.29 is 18.0 Å². The molecule has 1 saturated heterocycles. The molecule has 1 aromatic rings. The molecule has 8 nitrogen and oxygen atoms in total. The molecule has 1 heterocycles. The maximum atomic E-state index is 12.7. The van der Waals surface area contributed by atoms with Gasteiger partial charge in [-0.1, -0.05) is 24.3 Å². The largest absolute Gasteiger partial charge is 0.355 e. The van der Waals surface area contributed by atoms with E-state index >= 15 is 0 Å². The average molecular weight is 558 g/mol. The fourth-order valence-electron chi connectivity index (χ4n) is 4.73. The highest BCUT2D eigenvalue weighted by atomic mass is 127. The third kappa shape index (κ3) is 4.64. The SMILES string of the molecule is CN=C(NCCN1C(=O)C2C3C=CC(C3)C2C1=O)NCc1ccc(S(C)(=O)=O)cc1.I. The Labute approximate surface area is 199 Å². The predicted molar refractivity (Wildman–Crippen MR) is 128 cm³/mol.